The maximum absolute atomic E-state index is 12.5. The minimum absolute atomic E-state index is 0.0544. The van der Waals surface area contributed by atoms with Crippen LogP contribution in [0.4, 0.5) is 0 Å². The van der Waals surface area contributed by atoms with Gasteiger partial charge in [0, 0.05) is 4.88 Å². The number of sulfonamides is 1. The number of fused-ring (bicyclic) bond motifs is 1. The average molecular weight is 412 g/mol. The zero-order chi connectivity index (χ0) is 20.0. The van der Waals surface area contributed by atoms with Gasteiger partial charge in [0.15, 0.2) is 5.76 Å². The van der Waals surface area contributed by atoms with Gasteiger partial charge in [-0.1, -0.05) is 25.9 Å². The highest BCUT2D eigenvalue weighted by Gasteiger charge is 2.31. The van der Waals surface area contributed by atoms with Crippen LogP contribution in [0.25, 0.3) is 0 Å². The number of nitrogens with one attached hydrogen (secondary N) is 2. The number of hydrogen-bond acceptors (Lipinski definition) is 6. The van der Waals surface area contributed by atoms with Gasteiger partial charge in [-0.15, -0.1) is 16.2 Å². The third-order valence-electron chi connectivity index (χ3n) is 5.07. The van der Waals surface area contributed by atoms with Crippen molar-refractivity contribution in [3.8, 4) is 0 Å². The normalized spacial score (nSPS) is 17.6. The van der Waals surface area contributed by atoms with Crippen LogP contribution in [0.2, 0.25) is 0 Å². The maximum Gasteiger partial charge on any atom is 0.276 e. The number of nitrogens with zero attached hydrogens (tertiary/aromatic N) is 1. The molecule has 1 aliphatic carbocycles. The number of thiophene rings is 1. The minimum atomic E-state index is -3.95. The van der Waals surface area contributed by atoms with Crippen molar-refractivity contribution in [2.75, 3.05) is 0 Å². The first-order valence-electron chi connectivity index (χ1n) is 8.85. The Bertz CT molecular complexity index is 948. The van der Waals surface area contributed by atoms with E-state index in [2.05, 4.69) is 36.2 Å². The highest BCUT2D eigenvalue weighted by molar-refractivity contribution is 7.89. The van der Waals surface area contributed by atoms with Crippen molar-refractivity contribution in [3.63, 3.8) is 0 Å². The van der Waals surface area contributed by atoms with Crippen LogP contribution >= 0.6 is 11.3 Å². The van der Waals surface area contributed by atoms with Gasteiger partial charge < -0.3 is 4.52 Å². The summed E-state index contributed by atoms with van der Waals surface area (Å²) in [4.78, 5) is 16.3. The second-order valence-electron chi connectivity index (χ2n) is 8.08. The molecular formula is C18H25N3O4S2. The predicted octanol–water partition coefficient (Wildman–Crippen LogP) is 3.13. The van der Waals surface area contributed by atoms with Crippen LogP contribution in [0.5, 0.6) is 0 Å². The largest absolute Gasteiger partial charge is 0.360 e. The van der Waals surface area contributed by atoms with E-state index in [1.807, 2.05) is 6.07 Å². The summed E-state index contributed by atoms with van der Waals surface area (Å²) in [5.41, 5.74) is 3.97. The van der Waals surface area contributed by atoms with Gasteiger partial charge in [0.2, 0.25) is 0 Å². The fourth-order valence-corrected chi connectivity index (χ4v) is 5.73. The highest BCUT2D eigenvalue weighted by Crippen LogP contribution is 2.40. The van der Waals surface area contributed by atoms with E-state index in [9.17, 15) is 13.2 Å². The van der Waals surface area contributed by atoms with Gasteiger partial charge in [-0.2, -0.15) is 0 Å². The number of aromatic nitrogens is 1. The SMILES string of the molecule is Cc1noc(C)c1S(=O)(=O)NNC(=O)c1cc2c(s1)CC[C@@H](C(C)(C)C)C2. The second kappa shape index (κ2) is 7.03. The van der Waals surface area contributed by atoms with Crippen molar-refractivity contribution >= 4 is 27.3 Å². The molecule has 2 N–H and O–H groups in total. The van der Waals surface area contributed by atoms with Gasteiger partial charge in [0.25, 0.3) is 15.9 Å². The lowest BCUT2D eigenvalue weighted by molar-refractivity contribution is 0.0949. The molecule has 2 heterocycles. The summed E-state index contributed by atoms with van der Waals surface area (Å²) in [6.45, 7) is 9.77. The van der Waals surface area contributed by atoms with Crippen LogP contribution in [0.1, 0.15) is 58.8 Å². The molecule has 0 saturated carbocycles. The first-order valence-corrected chi connectivity index (χ1v) is 11.2. The summed E-state index contributed by atoms with van der Waals surface area (Å²) in [6, 6.07) is 1.89. The van der Waals surface area contributed by atoms with Crippen LogP contribution in [-0.4, -0.2) is 19.5 Å². The predicted molar refractivity (Wildman–Crippen MR) is 103 cm³/mol. The molecule has 0 bridgehead atoms. The van der Waals surface area contributed by atoms with Crippen molar-refractivity contribution in [3.05, 3.63) is 32.8 Å². The number of rotatable bonds is 4. The first-order chi connectivity index (χ1) is 12.5. The third kappa shape index (κ3) is 4.09. The molecule has 9 heteroatoms. The topological polar surface area (TPSA) is 101 Å². The Hall–Kier alpha value is -1.71. The molecule has 0 radical (unpaired) electrons. The fourth-order valence-electron chi connectivity index (χ4n) is 3.46. The van der Waals surface area contributed by atoms with Crippen LogP contribution < -0.4 is 10.3 Å². The van der Waals surface area contributed by atoms with Crippen molar-refractivity contribution in [2.45, 2.75) is 58.8 Å². The molecule has 1 aliphatic rings. The molecule has 27 heavy (non-hydrogen) atoms. The fraction of sp³-hybridized carbons (Fsp3) is 0.556. The summed E-state index contributed by atoms with van der Waals surface area (Å²) in [6.07, 6.45) is 3.02. The maximum atomic E-state index is 12.5. The zero-order valence-electron chi connectivity index (χ0n) is 16.2. The summed E-state index contributed by atoms with van der Waals surface area (Å²) in [5, 5.41) is 3.63. The lowest BCUT2D eigenvalue weighted by Crippen LogP contribution is -2.41. The van der Waals surface area contributed by atoms with E-state index in [1.165, 1.54) is 35.6 Å². The Morgan fingerprint density at radius 1 is 1.33 bits per heavy atom. The molecule has 148 valence electrons. The molecule has 1 atom stereocenters. The first kappa shape index (κ1) is 20.0. The Labute approximate surface area is 163 Å². The van der Waals surface area contributed by atoms with Crippen molar-refractivity contribution < 1.29 is 17.7 Å². The molecule has 7 nitrogen and oxygen atoms in total. The molecular weight excluding hydrogens is 386 g/mol. The number of carbonyl (C=O) groups excluding carboxylic acids is 1. The van der Waals surface area contributed by atoms with E-state index in [0.717, 1.165) is 19.3 Å². The quantitative estimate of drug-likeness (QED) is 0.753. The van der Waals surface area contributed by atoms with Crippen molar-refractivity contribution in [2.24, 2.45) is 11.3 Å². The average Bonchev–Trinajstić information content (AvgIpc) is 3.14. The summed E-state index contributed by atoms with van der Waals surface area (Å²) in [7, 11) is -3.95. The molecule has 0 aromatic carbocycles. The van der Waals surface area contributed by atoms with E-state index in [0.29, 0.717) is 10.8 Å². The van der Waals surface area contributed by atoms with Gasteiger partial charge >= 0.3 is 0 Å². The molecule has 3 rings (SSSR count). The molecule has 1 amide bonds. The summed E-state index contributed by atoms with van der Waals surface area (Å²) in [5.74, 6) is 0.291. The van der Waals surface area contributed by atoms with E-state index < -0.39 is 15.9 Å². The summed E-state index contributed by atoms with van der Waals surface area (Å²) < 4.78 is 29.7. The second-order valence-corrected chi connectivity index (χ2v) is 10.8. The number of hydrogen-bond donors (Lipinski definition) is 2. The lowest BCUT2D eigenvalue weighted by Gasteiger charge is -2.33. The van der Waals surface area contributed by atoms with Crippen molar-refractivity contribution in [1.29, 1.82) is 0 Å². The third-order valence-corrected chi connectivity index (χ3v) is 7.79. The van der Waals surface area contributed by atoms with Gasteiger partial charge in [0.1, 0.15) is 10.6 Å². The van der Waals surface area contributed by atoms with E-state index in [4.69, 9.17) is 4.52 Å². The van der Waals surface area contributed by atoms with E-state index >= 15 is 0 Å². The number of carbonyl (C=O) groups is 1. The van der Waals surface area contributed by atoms with E-state index in [-0.39, 0.29) is 21.8 Å². The Morgan fingerprint density at radius 3 is 2.63 bits per heavy atom. The monoisotopic (exact) mass is 411 g/mol. The zero-order valence-corrected chi connectivity index (χ0v) is 17.8. The van der Waals surface area contributed by atoms with E-state index in [1.54, 1.807) is 0 Å². The highest BCUT2D eigenvalue weighted by atomic mass is 32.2. The minimum Gasteiger partial charge on any atom is -0.360 e. The Morgan fingerprint density at radius 2 is 2.04 bits per heavy atom. The smallest absolute Gasteiger partial charge is 0.276 e. The van der Waals surface area contributed by atoms with Crippen molar-refractivity contribution in [1.82, 2.24) is 15.4 Å². The summed E-state index contributed by atoms with van der Waals surface area (Å²) >= 11 is 1.43. The molecule has 0 saturated heterocycles. The molecule has 2 aromatic heterocycles. The van der Waals surface area contributed by atoms with Gasteiger partial charge in [-0.25, -0.2) is 8.42 Å². The lowest BCUT2D eigenvalue weighted by atomic mass is 9.72. The van der Waals surface area contributed by atoms with Crippen LogP contribution in [0, 0.1) is 25.2 Å². The Balaban J connectivity index is 1.71. The van der Waals surface area contributed by atoms with Crippen LogP contribution in [-0.2, 0) is 22.9 Å². The molecule has 2 aromatic rings. The van der Waals surface area contributed by atoms with Gasteiger partial charge in [-0.3, -0.25) is 10.2 Å². The number of amides is 1. The molecule has 0 fully saturated rings. The molecule has 0 spiro atoms. The standard InChI is InChI=1S/C18H25N3O4S2/c1-10-16(11(2)25-20-10)27(23,24)21-19-17(22)15-9-12-8-13(18(3,4)5)6-7-14(12)26-15/h9,13,21H,6-8H2,1-5H3,(H,19,22)/t13-/m1/s1. The van der Waals surface area contributed by atoms with Crippen LogP contribution in [0.3, 0.4) is 0 Å². The van der Waals surface area contributed by atoms with Gasteiger partial charge in [0.05, 0.1) is 4.88 Å². The molecule has 0 unspecified atom stereocenters. The Kier molecular flexibility index (Phi) is 5.22. The number of aryl methyl sites for hydroxylation is 3. The van der Waals surface area contributed by atoms with Gasteiger partial charge in [-0.05, 0) is 56.1 Å². The molecule has 0 aliphatic heterocycles. The van der Waals surface area contributed by atoms with Crippen LogP contribution in [0.15, 0.2) is 15.5 Å². The number of hydrazine groups is 1.